The van der Waals surface area contributed by atoms with Crippen LogP contribution in [0.1, 0.15) is 69.2 Å². The minimum atomic E-state index is 0.206. The van der Waals surface area contributed by atoms with Crippen molar-refractivity contribution in [1.29, 1.82) is 0 Å². The van der Waals surface area contributed by atoms with Crippen molar-refractivity contribution in [3.63, 3.8) is 0 Å². The van der Waals surface area contributed by atoms with Gasteiger partial charge in [0, 0.05) is 32.7 Å². The summed E-state index contributed by atoms with van der Waals surface area (Å²) in [4.78, 5) is 0. The number of benzene rings is 5. The fourth-order valence-electron chi connectivity index (χ4n) is 7.75. The smallest absolute Gasteiger partial charge is 0.0591 e. The fourth-order valence-corrected chi connectivity index (χ4v) is 7.75. The van der Waals surface area contributed by atoms with Crippen molar-refractivity contribution >= 4 is 49.2 Å². The summed E-state index contributed by atoms with van der Waals surface area (Å²) in [5, 5.41) is 5.37. The molecule has 0 N–H and O–H groups in total. The van der Waals surface area contributed by atoms with Crippen LogP contribution in [0.2, 0.25) is 0 Å². The summed E-state index contributed by atoms with van der Waals surface area (Å²) in [6.07, 6.45) is 7.25. The summed E-state index contributed by atoms with van der Waals surface area (Å²) in [7, 11) is 0. The summed E-state index contributed by atoms with van der Waals surface area (Å²) in [6.45, 7) is 11.6. The maximum Gasteiger partial charge on any atom is 0.0591 e. The van der Waals surface area contributed by atoms with E-state index in [9.17, 15) is 0 Å². The van der Waals surface area contributed by atoms with Gasteiger partial charge in [-0.25, -0.2) is 0 Å². The van der Waals surface area contributed by atoms with Gasteiger partial charge in [-0.05, 0) is 70.3 Å². The summed E-state index contributed by atoms with van der Waals surface area (Å²) in [6, 6.07) is 40.7. The van der Waals surface area contributed by atoms with Gasteiger partial charge in [0.25, 0.3) is 0 Å². The quantitative estimate of drug-likeness (QED) is 0.190. The predicted molar refractivity (Wildman–Crippen MR) is 194 cm³/mol. The SMILES string of the molecule is CC(C)c1cccc2c1c1ccccc1n2-c1cccc(C2=CC(n3c4ccccc4c4cccc(C(C)C)c43)C(C)C=C2)c1. The lowest BCUT2D eigenvalue weighted by Gasteiger charge is -2.28. The lowest BCUT2D eigenvalue weighted by Crippen LogP contribution is -2.17. The van der Waals surface area contributed by atoms with Crippen molar-refractivity contribution in [2.45, 2.75) is 52.5 Å². The van der Waals surface area contributed by atoms with Crippen molar-refractivity contribution in [1.82, 2.24) is 9.13 Å². The second-order valence-corrected chi connectivity index (χ2v) is 13.4. The predicted octanol–water partition coefficient (Wildman–Crippen LogP) is 12.0. The average Bonchev–Trinajstić information content (AvgIpc) is 3.58. The second-order valence-electron chi connectivity index (χ2n) is 13.4. The Kier molecular flexibility index (Phi) is 6.57. The number of rotatable bonds is 5. The van der Waals surface area contributed by atoms with Crippen LogP contribution in [-0.2, 0) is 0 Å². The van der Waals surface area contributed by atoms with Gasteiger partial charge in [0.2, 0.25) is 0 Å². The third kappa shape index (κ3) is 4.30. The minimum Gasteiger partial charge on any atom is -0.333 e. The molecule has 1 aliphatic rings. The molecule has 0 bridgehead atoms. The molecule has 0 fully saturated rings. The molecule has 2 aromatic heterocycles. The molecule has 0 spiro atoms. The first-order valence-electron chi connectivity index (χ1n) is 16.5. The average molecular weight is 585 g/mol. The zero-order valence-electron chi connectivity index (χ0n) is 26.8. The molecular weight excluding hydrogens is 544 g/mol. The highest BCUT2D eigenvalue weighted by Crippen LogP contribution is 2.42. The van der Waals surface area contributed by atoms with Gasteiger partial charge >= 0.3 is 0 Å². The number of hydrogen-bond acceptors (Lipinski definition) is 0. The van der Waals surface area contributed by atoms with E-state index in [0.29, 0.717) is 17.8 Å². The molecule has 2 unspecified atom stereocenters. The molecule has 2 heterocycles. The highest BCUT2D eigenvalue weighted by molar-refractivity contribution is 6.11. The number of allylic oxidation sites excluding steroid dienone is 4. The molecule has 45 heavy (non-hydrogen) atoms. The van der Waals surface area contributed by atoms with Crippen LogP contribution in [0, 0.1) is 5.92 Å². The first-order valence-corrected chi connectivity index (χ1v) is 16.5. The molecule has 5 aromatic carbocycles. The molecule has 1 aliphatic carbocycles. The number of nitrogens with zero attached hydrogens (tertiary/aromatic N) is 2. The fraction of sp³-hybridized carbons (Fsp3) is 0.209. The van der Waals surface area contributed by atoms with Crippen LogP contribution in [0.15, 0.2) is 127 Å². The van der Waals surface area contributed by atoms with E-state index >= 15 is 0 Å². The Bertz CT molecular complexity index is 2300. The molecule has 0 saturated carbocycles. The number of hydrogen-bond donors (Lipinski definition) is 0. The van der Waals surface area contributed by atoms with Crippen LogP contribution >= 0.6 is 0 Å². The largest absolute Gasteiger partial charge is 0.333 e. The second kappa shape index (κ2) is 10.7. The Balaban J connectivity index is 1.31. The zero-order valence-corrected chi connectivity index (χ0v) is 26.8. The summed E-state index contributed by atoms with van der Waals surface area (Å²) in [5.41, 5.74) is 11.7. The third-order valence-electron chi connectivity index (χ3n) is 9.94. The molecule has 2 nitrogen and oxygen atoms in total. The Labute approximate surface area is 265 Å². The minimum absolute atomic E-state index is 0.206. The van der Waals surface area contributed by atoms with Crippen LogP contribution < -0.4 is 0 Å². The maximum absolute atomic E-state index is 2.62. The van der Waals surface area contributed by atoms with E-state index in [0.717, 1.165) is 0 Å². The van der Waals surface area contributed by atoms with E-state index in [1.165, 1.54) is 71.6 Å². The lowest BCUT2D eigenvalue weighted by atomic mass is 9.89. The van der Waals surface area contributed by atoms with E-state index in [2.05, 4.69) is 171 Å². The first-order chi connectivity index (χ1) is 21.9. The van der Waals surface area contributed by atoms with E-state index in [1.807, 2.05) is 0 Å². The third-order valence-corrected chi connectivity index (χ3v) is 9.94. The van der Waals surface area contributed by atoms with Gasteiger partial charge in [0.1, 0.15) is 0 Å². The van der Waals surface area contributed by atoms with Crippen molar-refractivity contribution in [2.24, 2.45) is 5.92 Å². The van der Waals surface area contributed by atoms with Gasteiger partial charge < -0.3 is 9.13 Å². The molecule has 2 atom stereocenters. The van der Waals surface area contributed by atoms with Gasteiger partial charge in [-0.1, -0.05) is 132 Å². The number of fused-ring (bicyclic) bond motifs is 6. The maximum atomic E-state index is 2.62. The van der Waals surface area contributed by atoms with E-state index in [-0.39, 0.29) is 6.04 Å². The lowest BCUT2D eigenvalue weighted by molar-refractivity contribution is 0.510. The highest BCUT2D eigenvalue weighted by atomic mass is 15.0. The molecule has 0 aliphatic heterocycles. The van der Waals surface area contributed by atoms with Gasteiger partial charge in [0.15, 0.2) is 0 Å². The summed E-state index contributed by atoms with van der Waals surface area (Å²) in [5.74, 6) is 1.25. The number of aromatic nitrogens is 2. The van der Waals surface area contributed by atoms with Crippen LogP contribution in [0.3, 0.4) is 0 Å². The Morgan fingerprint density at radius 1 is 0.600 bits per heavy atom. The van der Waals surface area contributed by atoms with Crippen molar-refractivity contribution < 1.29 is 0 Å². The van der Waals surface area contributed by atoms with Gasteiger partial charge in [-0.2, -0.15) is 0 Å². The highest BCUT2D eigenvalue weighted by Gasteiger charge is 2.26. The molecule has 0 saturated heterocycles. The monoisotopic (exact) mass is 584 g/mol. The van der Waals surface area contributed by atoms with Crippen molar-refractivity contribution in [2.75, 3.05) is 0 Å². The molecule has 8 rings (SSSR count). The normalized spacial score (nSPS) is 17.0. The number of para-hydroxylation sites is 3. The van der Waals surface area contributed by atoms with Crippen LogP contribution in [0.25, 0.3) is 54.9 Å². The van der Waals surface area contributed by atoms with E-state index in [1.54, 1.807) is 0 Å². The van der Waals surface area contributed by atoms with E-state index in [4.69, 9.17) is 0 Å². The molecule has 0 amide bonds. The van der Waals surface area contributed by atoms with Gasteiger partial charge in [-0.3, -0.25) is 0 Å². The summed E-state index contributed by atoms with van der Waals surface area (Å²) < 4.78 is 5.08. The molecule has 0 radical (unpaired) electrons. The van der Waals surface area contributed by atoms with Crippen LogP contribution in [0.5, 0.6) is 0 Å². The van der Waals surface area contributed by atoms with Crippen molar-refractivity contribution in [3.8, 4) is 5.69 Å². The summed E-state index contributed by atoms with van der Waals surface area (Å²) >= 11 is 0. The first kappa shape index (κ1) is 27.7. The zero-order chi connectivity index (χ0) is 30.8. The van der Waals surface area contributed by atoms with Crippen molar-refractivity contribution in [3.05, 3.63) is 144 Å². The molecule has 7 aromatic rings. The van der Waals surface area contributed by atoms with Gasteiger partial charge in [0.05, 0.1) is 22.6 Å². The van der Waals surface area contributed by atoms with Gasteiger partial charge in [-0.15, -0.1) is 0 Å². The van der Waals surface area contributed by atoms with E-state index < -0.39 is 0 Å². The van der Waals surface area contributed by atoms with Crippen LogP contribution in [-0.4, -0.2) is 9.13 Å². The topological polar surface area (TPSA) is 9.86 Å². The molecular formula is C43H40N2. The Morgan fingerprint density at radius 2 is 1.24 bits per heavy atom. The Morgan fingerprint density at radius 3 is 2.04 bits per heavy atom. The molecule has 222 valence electrons. The standard InChI is InChI=1S/C43H40N2/c1-27(2)33-17-12-22-40-42(33)37-16-7-9-21-39(37)44(40)32-14-10-13-30(25-32)31-24-23-29(5)41(26-31)45-38-20-8-6-15-35(38)36-19-11-18-34(28(3)4)43(36)45/h6-29,41H,1-5H3. The Hall–Kier alpha value is -4.82. The molecule has 2 heteroatoms. The van der Waals surface area contributed by atoms with Crippen LogP contribution in [0.4, 0.5) is 0 Å².